The molecule has 0 aliphatic rings. The van der Waals surface area contributed by atoms with E-state index in [0.717, 1.165) is 18.3 Å². The number of hydrogen-bond donors (Lipinski definition) is 0. The molecule has 0 spiro atoms. The van der Waals surface area contributed by atoms with Crippen LogP contribution < -0.4 is 0 Å². The Balaban J connectivity index is 0.000000671. The standard InChI is InChI=1S/C6H3BrF3N.C2H6/c7-5-3-4(1-2-11-5)6(8,9)10;1-2/h1-3H;1-2H3. The Morgan fingerprint density at radius 1 is 1.31 bits per heavy atom. The summed E-state index contributed by atoms with van der Waals surface area (Å²) >= 11 is 2.84. The molecule has 0 unspecified atom stereocenters. The first-order valence-corrected chi connectivity index (χ1v) is 4.48. The Morgan fingerprint density at radius 2 is 1.85 bits per heavy atom. The van der Waals surface area contributed by atoms with Gasteiger partial charge in [-0.2, -0.15) is 13.2 Å². The smallest absolute Gasteiger partial charge is 0.249 e. The first kappa shape index (κ1) is 12.4. The second-order valence-corrected chi connectivity index (χ2v) is 2.68. The maximum atomic E-state index is 11.9. The molecule has 13 heavy (non-hydrogen) atoms. The maximum absolute atomic E-state index is 11.9. The van der Waals surface area contributed by atoms with Gasteiger partial charge in [-0.05, 0) is 28.1 Å². The Kier molecular flexibility index (Phi) is 4.98. The van der Waals surface area contributed by atoms with E-state index < -0.39 is 11.7 Å². The zero-order valence-corrected chi connectivity index (χ0v) is 8.78. The maximum Gasteiger partial charge on any atom is 0.416 e. The Morgan fingerprint density at radius 3 is 2.15 bits per heavy atom. The third-order valence-corrected chi connectivity index (χ3v) is 1.49. The molecular formula is C8H9BrF3N. The summed E-state index contributed by atoms with van der Waals surface area (Å²) in [5.41, 5.74) is -0.695. The van der Waals surface area contributed by atoms with Crippen molar-refractivity contribution in [2.75, 3.05) is 0 Å². The predicted octanol–water partition coefficient (Wildman–Crippen LogP) is 3.89. The summed E-state index contributed by atoms with van der Waals surface area (Å²) in [5, 5.41) is 0. The van der Waals surface area contributed by atoms with E-state index in [9.17, 15) is 13.2 Å². The molecule has 5 heteroatoms. The van der Waals surface area contributed by atoms with Crippen molar-refractivity contribution in [1.29, 1.82) is 0 Å². The molecule has 0 atom stereocenters. The third-order valence-electron chi connectivity index (χ3n) is 1.05. The molecule has 0 saturated carbocycles. The topological polar surface area (TPSA) is 12.9 Å². The van der Waals surface area contributed by atoms with E-state index in [1.54, 1.807) is 0 Å². The van der Waals surface area contributed by atoms with Crippen LogP contribution in [-0.4, -0.2) is 4.98 Å². The molecule has 0 saturated heterocycles. The van der Waals surface area contributed by atoms with Gasteiger partial charge < -0.3 is 0 Å². The van der Waals surface area contributed by atoms with Crippen molar-refractivity contribution in [3.8, 4) is 0 Å². The SMILES string of the molecule is CC.FC(F)(F)c1ccnc(Br)c1. The van der Waals surface area contributed by atoms with Gasteiger partial charge in [-0.3, -0.25) is 0 Å². The molecule has 1 aromatic heterocycles. The summed E-state index contributed by atoms with van der Waals surface area (Å²) in [6, 6.07) is 1.85. The highest BCUT2D eigenvalue weighted by Gasteiger charge is 2.30. The first-order valence-electron chi connectivity index (χ1n) is 3.69. The second kappa shape index (κ2) is 5.21. The average molecular weight is 256 g/mol. The van der Waals surface area contributed by atoms with Gasteiger partial charge >= 0.3 is 6.18 Å². The van der Waals surface area contributed by atoms with Gasteiger partial charge in [0, 0.05) is 6.20 Å². The highest BCUT2D eigenvalue weighted by atomic mass is 79.9. The number of nitrogens with zero attached hydrogens (tertiary/aromatic N) is 1. The van der Waals surface area contributed by atoms with Crippen molar-refractivity contribution in [1.82, 2.24) is 4.98 Å². The number of hydrogen-bond acceptors (Lipinski definition) is 1. The van der Waals surface area contributed by atoms with Crippen molar-refractivity contribution >= 4 is 15.9 Å². The number of halogens is 4. The summed E-state index contributed by atoms with van der Waals surface area (Å²) in [6.45, 7) is 4.00. The predicted molar refractivity (Wildman–Crippen MR) is 48.3 cm³/mol. The van der Waals surface area contributed by atoms with E-state index in [-0.39, 0.29) is 4.60 Å². The normalized spacial score (nSPS) is 10.3. The van der Waals surface area contributed by atoms with Gasteiger partial charge in [0.25, 0.3) is 0 Å². The summed E-state index contributed by atoms with van der Waals surface area (Å²) in [7, 11) is 0. The van der Waals surface area contributed by atoms with E-state index in [1.165, 1.54) is 0 Å². The molecular weight excluding hydrogens is 247 g/mol. The van der Waals surface area contributed by atoms with Crippen LogP contribution in [-0.2, 0) is 6.18 Å². The molecule has 0 aromatic carbocycles. The molecule has 1 rings (SSSR count). The quantitative estimate of drug-likeness (QED) is 0.641. The van der Waals surface area contributed by atoms with Crippen molar-refractivity contribution in [3.05, 3.63) is 28.5 Å². The van der Waals surface area contributed by atoms with E-state index in [0.29, 0.717) is 0 Å². The fourth-order valence-electron chi connectivity index (χ4n) is 0.579. The van der Waals surface area contributed by atoms with Crippen LogP contribution in [0.25, 0.3) is 0 Å². The molecule has 0 N–H and O–H groups in total. The van der Waals surface area contributed by atoms with Gasteiger partial charge in [-0.15, -0.1) is 0 Å². The van der Waals surface area contributed by atoms with Gasteiger partial charge in [0.1, 0.15) is 4.60 Å². The Labute approximate surface area is 83.1 Å². The highest BCUT2D eigenvalue weighted by molar-refractivity contribution is 9.10. The molecule has 1 heterocycles. The van der Waals surface area contributed by atoms with Crippen molar-refractivity contribution in [2.24, 2.45) is 0 Å². The molecule has 74 valence electrons. The molecule has 0 aliphatic heterocycles. The number of pyridine rings is 1. The van der Waals surface area contributed by atoms with Gasteiger partial charge in [-0.25, -0.2) is 4.98 Å². The molecule has 0 bridgehead atoms. The lowest BCUT2D eigenvalue weighted by atomic mass is 10.3. The molecule has 0 aliphatic carbocycles. The molecule has 0 radical (unpaired) electrons. The summed E-state index contributed by atoms with van der Waals surface area (Å²) in [5.74, 6) is 0. The van der Waals surface area contributed by atoms with Crippen LogP contribution in [0.3, 0.4) is 0 Å². The van der Waals surface area contributed by atoms with Gasteiger partial charge in [-0.1, -0.05) is 13.8 Å². The van der Waals surface area contributed by atoms with Crippen molar-refractivity contribution in [3.63, 3.8) is 0 Å². The lowest BCUT2D eigenvalue weighted by Gasteiger charge is -2.04. The van der Waals surface area contributed by atoms with E-state index in [2.05, 4.69) is 20.9 Å². The largest absolute Gasteiger partial charge is 0.416 e. The first-order chi connectivity index (χ1) is 6.00. The van der Waals surface area contributed by atoms with Gasteiger partial charge in [0.2, 0.25) is 0 Å². The summed E-state index contributed by atoms with van der Waals surface area (Å²) in [4.78, 5) is 3.57. The fourth-order valence-corrected chi connectivity index (χ4v) is 0.944. The lowest BCUT2D eigenvalue weighted by molar-refractivity contribution is -0.137. The zero-order valence-electron chi connectivity index (χ0n) is 7.19. The van der Waals surface area contributed by atoms with Crippen LogP contribution in [0.15, 0.2) is 22.9 Å². The van der Waals surface area contributed by atoms with Crippen LogP contribution in [0.4, 0.5) is 13.2 Å². The van der Waals surface area contributed by atoms with E-state index in [4.69, 9.17) is 0 Å². The van der Waals surface area contributed by atoms with Crippen molar-refractivity contribution in [2.45, 2.75) is 20.0 Å². The van der Waals surface area contributed by atoms with Crippen LogP contribution >= 0.6 is 15.9 Å². The van der Waals surface area contributed by atoms with E-state index in [1.807, 2.05) is 13.8 Å². The number of alkyl halides is 3. The molecule has 0 amide bonds. The lowest BCUT2D eigenvalue weighted by Crippen LogP contribution is -2.04. The molecule has 1 nitrogen and oxygen atoms in total. The minimum atomic E-state index is -4.29. The number of rotatable bonds is 0. The summed E-state index contributed by atoms with van der Waals surface area (Å²) in [6.07, 6.45) is -3.18. The van der Waals surface area contributed by atoms with Crippen molar-refractivity contribution < 1.29 is 13.2 Å². The number of aromatic nitrogens is 1. The zero-order chi connectivity index (χ0) is 10.5. The monoisotopic (exact) mass is 255 g/mol. The highest BCUT2D eigenvalue weighted by Crippen LogP contribution is 2.29. The molecule has 0 fully saturated rings. The van der Waals surface area contributed by atoms with Gasteiger partial charge in [0.05, 0.1) is 5.56 Å². The Bertz CT molecular complexity index is 260. The molecule has 1 aromatic rings. The minimum absolute atomic E-state index is 0.187. The average Bonchev–Trinajstić information content (AvgIpc) is 2.06. The Hall–Kier alpha value is -0.580. The van der Waals surface area contributed by atoms with Crippen LogP contribution in [0, 0.1) is 0 Å². The third kappa shape index (κ3) is 4.26. The fraction of sp³-hybridized carbons (Fsp3) is 0.375. The van der Waals surface area contributed by atoms with Gasteiger partial charge in [0.15, 0.2) is 0 Å². The van der Waals surface area contributed by atoms with Crippen LogP contribution in [0.5, 0.6) is 0 Å². The summed E-state index contributed by atoms with van der Waals surface area (Å²) < 4.78 is 35.9. The van der Waals surface area contributed by atoms with Crippen LogP contribution in [0.1, 0.15) is 19.4 Å². The van der Waals surface area contributed by atoms with Crippen LogP contribution in [0.2, 0.25) is 0 Å². The second-order valence-electron chi connectivity index (χ2n) is 1.86. The minimum Gasteiger partial charge on any atom is -0.249 e. The van der Waals surface area contributed by atoms with E-state index >= 15 is 0 Å².